The summed E-state index contributed by atoms with van der Waals surface area (Å²) in [5, 5.41) is 0.556. The van der Waals surface area contributed by atoms with E-state index in [0.29, 0.717) is 28.8 Å². The predicted molar refractivity (Wildman–Crippen MR) is 395 cm³/mol. The van der Waals surface area contributed by atoms with Crippen LogP contribution in [0.3, 0.4) is 0 Å². The maximum Gasteiger partial charge on any atom is 1.00 e. The number of carbonyl (C=O) groups excluding carboxylic acids is 3. The number of alkyl halides is 1. The van der Waals surface area contributed by atoms with Gasteiger partial charge in [0.2, 0.25) is 17.7 Å². The van der Waals surface area contributed by atoms with Crippen molar-refractivity contribution in [3.05, 3.63) is 172 Å². The van der Waals surface area contributed by atoms with Crippen LogP contribution in [0.4, 0.5) is 22.7 Å². The summed E-state index contributed by atoms with van der Waals surface area (Å²) in [6, 6.07) is 31.9. The number of hydrogen-bond acceptors (Lipinski definition) is 22. The molecule has 0 aliphatic carbocycles. The van der Waals surface area contributed by atoms with E-state index < -0.39 is 0 Å². The second kappa shape index (κ2) is 44.5. The van der Waals surface area contributed by atoms with Gasteiger partial charge in [-0.15, -0.1) is 58.0 Å². The molecule has 0 unspecified atom stereocenters. The summed E-state index contributed by atoms with van der Waals surface area (Å²) in [5.74, 6) is 1.20. The molecule has 91 heavy (non-hydrogen) atoms. The van der Waals surface area contributed by atoms with Crippen LogP contribution in [-0.2, 0) is 51.0 Å². The number of para-hydroxylation sites is 3. The minimum absolute atomic E-state index is 0. The number of nitrogens with zero attached hydrogens (tertiary/aromatic N) is 9. The Balaban J connectivity index is 0.000000569. The van der Waals surface area contributed by atoms with Crippen molar-refractivity contribution in [1.82, 2.24) is 53.3 Å². The number of benzene rings is 3. The molecule has 14 N–H and O–H groups in total. The van der Waals surface area contributed by atoms with Crippen LogP contribution in [0.1, 0.15) is 42.9 Å². The third-order valence-electron chi connectivity index (χ3n) is 12.6. The first kappa shape index (κ1) is 84.9. The summed E-state index contributed by atoms with van der Waals surface area (Å²) in [5.41, 5.74) is 15.6. The number of H-pyrrole nitrogens is 1. The first-order valence-corrected chi connectivity index (χ1v) is 32.9. The number of amides is 3. The van der Waals surface area contributed by atoms with Gasteiger partial charge in [0.05, 0.1) is 73.2 Å². The number of anilines is 4. The van der Waals surface area contributed by atoms with Crippen molar-refractivity contribution in [1.29, 1.82) is 0 Å². The topological polar surface area (TPSA) is 326 Å². The van der Waals surface area contributed by atoms with E-state index in [-0.39, 0.29) is 129 Å². The summed E-state index contributed by atoms with van der Waals surface area (Å²) in [6.07, 6.45) is 20.0. The molecule has 10 aromatic rings. The molecule has 19 nitrogen and oxygen atoms in total. The van der Waals surface area contributed by atoms with Crippen LogP contribution in [0.5, 0.6) is 0 Å². The van der Waals surface area contributed by atoms with Gasteiger partial charge in [-0.25, -0.2) is 9.97 Å². The molecule has 482 valence electrons. The number of hydrogen-bond donors (Lipinski definition) is 5. The average molecular weight is 1490 g/mol. The van der Waals surface area contributed by atoms with E-state index in [1.807, 2.05) is 89.5 Å². The molecule has 0 spiro atoms. The van der Waals surface area contributed by atoms with Crippen LogP contribution in [0, 0.1) is 3.95 Å². The normalized spacial score (nSPS) is 11.8. The van der Waals surface area contributed by atoms with E-state index in [2.05, 4.69) is 82.7 Å². The minimum Gasteiger partial charge on any atom is -0.514 e. The average Bonchev–Trinajstić information content (AvgIpc) is 2.04. The van der Waals surface area contributed by atoms with E-state index in [1.165, 1.54) is 51.1 Å². The molecule has 32 heteroatoms. The number of nitrogens with one attached hydrogen (secondary N) is 1. The standard InChI is InChI=1S/2C17H15N3OS2.C11H12ClNO.C6H4N2S2.C5H5ClN2.C3H6OS2.ClH.K.3H3N.H2O.H2S/c2*21-16(20-9-3-5-12-4-1-2-6-14(12)20)11-22-17-19-13-10-18-8-7-15(13)23-17;12-8-11(14)13-7-3-5-9-4-1-2-6-10(9)13;9-6-8-4-3-7-2-1-5(4)10-6;6-4-1-2-8-3-5(4)7;1-2-4-3(5)6;;;;;;;/h2*1-2,4,6-8,10H,3,5,9,11H2;1-2,4,6H,3,5,7-8H2;1-3H,(H,8,9);1-3H,7H2;2H2,1H3,(H,5,6);1H;;3*1H3;2*1H2/q;;;;;;;+1;;;;;/p-1. The van der Waals surface area contributed by atoms with Crippen LogP contribution in [0.2, 0.25) is 5.02 Å². The Labute approximate surface area is 631 Å². The van der Waals surface area contributed by atoms with E-state index in [4.69, 9.17) is 41.2 Å². The van der Waals surface area contributed by atoms with Crippen LogP contribution in [0.25, 0.3) is 30.6 Å². The Kier molecular flexibility index (Phi) is 41.5. The number of thioether (sulfide) groups is 2. The molecule has 3 aliphatic heterocycles. The SMILES string of the molecule is CCOC(=S)[S-].Cl.N.N.N.Nc1cnccc1Cl.O.O=C(CCl)N1CCCc2ccccc21.O=C(CSc1nc2cnccc2s1)N1CCCc2ccccc21.O=C(CSc1nc2cnccc2s1)N1CCCc2ccccc21.S.S=c1[nH]c2cnccc2s1.[K+]. The third-order valence-corrected chi connectivity index (χ3v) is 19.0. The van der Waals surface area contributed by atoms with Gasteiger partial charge in [0.1, 0.15) is 16.9 Å². The molecule has 0 bridgehead atoms. The predicted octanol–water partition coefficient (Wildman–Crippen LogP) is 11.5. The van der Waals surface area contributed by atoms with Crippen molar-refractivity contribution in [3.63, 3.8) is 0 Å². The summed E-state index contributed by atoms with van der Waals surface area (Å²) in [7, 11) is 0. The zero-order valence-corrected chi connectivity index (χ0v) is 62.8. The molecule has 0 atom stereocenters. The van der Waals surface area contributed by atoms with Crippen molar-refractivity contribution in [2.24, 2.45) is 0 Å². The molecule has 0 saturated heterocycles. The van der Waals surface area contributed by atoms with Gasteiger partial charge in [0.15, 0.2) is 12.6 Å². The van der Waals surface area contributed by atoms with Crippen LogP contribution in [0.15, 0.2) is 155 Å². The molecule has 3 amide bonds. The van der Waals surface area contributed by atoms with Gasteiger partial charge in [0.25, 0.3) is 0 Å². The number of aromatic nitrogens is 7. The number of carbonyl (C=O) groups is 3. The van der Waals surface area contributed by atoms with Crippen molar-refractivity contribution < 1.29 is 76.0 Å². The number of aryl methyl sites for hydroxylation is 3. The second-order valence-electron chi connectivity index (χ2n) is 18.2. The molecule has 7 aromatic heterocycles. The fourth-order valence-electron chi connectivity index (χ4n) is 8.80. The van der Waals surface area contributed by atoms with Crippen molar-refractivity contribution in [2.45, 2.75) is 54.1 Å². The van der Waals surface area contributed by atoms with E-state index in [0.717, 1.165) is 114 Å². The number of thiazole rings is 3. The molecule has 10 heterocycles. The number of rotatable bonds is 8. The van der Waals surface area contributed by atoms with Crippen molar-refractivity contribution in [2.75, 3.05) is 64.1 Å². The van der Waals surface area contributed by atoms with Gasteiger partial charge in [0, 0.05) is 65.9 Å². The molecule has 3 aromatic carbocycles. The molecule has 0 saturated carbocycles. The molecule has 0 fully saturated rings. The monoisotopic (exact) mass is 1490 g/mol. The minimum atomic E-state index is -0.00110. The second-order valence-corrected chi connectivity index (χ2v) is 26.1. The van der Waals surface area contributed by atoms with E-state index in [1.54, 1.807) is 88.4 Å². The first-order valence-electron chi connectivity index (χ1n) is 26.4. The maximum absolute atomic E-state index is 12.6. The number of thiocarbonyl (C=S) groups is 1. The largest absolute Gasteiger partial charge is 1.00 e. The molecule has 3 aliphatic rings. The molecular weight excluding hydrogens is 1420 g/mol. The molecule has 13 rings (SSSR count). The number of aromatic amines is 1. The zero-order valence-electron chi connectivity index (χ0n) is 49.8. The van der Waals surface area contributed by atoms with Crippen LogP contribution >= 0.6 is 131 Å². The summed E-state index contributed by atoms with van der Waals surface area (Å²) in [6.45, 7) is 4.84. The summed E-state index contributed by atoms with van der Waals surface area (Å²) >= 11 is 32.6. The third kappa shape index (κ3) is 25.5. The Morgan fingerprint density at radius 2 is 1.03 bits per heavy atom. The van der Waals surface area contributed by atoms with Gasteiger partial charge < -0.3 is 78.9 Å². The number of nitrogens with two attached hydrogens (primary N) is 1. The Morgan fingerprint density at radius 3 is 1.40 bits per heavy atom. The van der Waals surface area contributed by atoms with Crippen molar-refractivity contribution in [3.8, 4) is 0 Å². The number of nitrogen functional groups attached to an aromatic ring is 1. The zero-order chi connectivity index (χ0) is 59.2. The van der Waals surface area contributed by atoms with Gasteiger partial charge in [-0.3, -0.25) is 34.3 Å². The Bertz CT molecular complexity index is 3650. The number of pyridine rings is 4. The Hall–Kier alpha value is -4.13. The van der Waals surface area contributed by atoms with E-state index >= 15 is 0 Å². The number of fused-ring (bicyclic) bond motifs is 6. The quantitative estimate of drug-likeness (QED) is 0.0310. The fraction of sp³-hybridized carbons (Fsp3) is 0.237. The maximum atomic E-state index is 12.6. The fourth-order valence-corrected chi connectivity index (χ4v) is 14.2. The molecular formula is C59H70Cl3KN14O5S9. The smallest absolute Gasteiger partial charge is 0.514 e. The Morgan fingerprint density at radius 1 is 0.637 bits per heavy atom. The van der Waals surface area contributed by atoms with Gasteiger partial charge in [-0.1, -0.05) is 89.7 Å². The first-order chi connectivity index (χ1) is 40.9. The van der Waals surface area contributed by atoms with Crippen LogP contribution < -0.4 is 90.3 Å². The molecule has 0 radical (unpaired) electrons. The van der Waals surface area contributed by atoms with E-state index in [9.17, 15) is 14.4 Å². The number of halogens is 3. The van der Waals surface area contributed by atoms with Gasteiger partial charge in [-0.05, 0) is 117 Å². The summed E-state index contributed by atoms with van der Waals surface area (Å²) < 4.78 is 10.8. The van der Waals surface area contributed by atoms with Crippen LogP contribution in [-0.4, -0.2) is 106 Å². The summed E-state index contributed by atoms with van der Waals surface area (Å²) in [4.78, 5) is 70.3. The number of ether oxygens (including phenoxy) is 1. The van der Waals surface area contributed by atoms with Gasteiger partial charge in [-0.2, -0.15) is 13.5 Å². The van der Waals surface area contributed by atoms with Gasteiger partial charge >= 0.3 is 51.4 Å². The van der Waals surface area contributed by atoms with Crippen molar-refractivity contribution >= 4 is 219 Å².